The fourth-order valence-electron chi connectivity index (χ4n) is 0. The Morgan fingerprint density at radius 3 is 1.50 bits per heavy atom. The molecule has 0 aromatic heterocycles. The summed E-state index contributed by atoms with van der Waals surface area (Å²) in [5, 5.41) is 0. The molecule has 0 unspecified atom stereocenters. The van der Waals surface area contributed by atoms with Crippen LogP contribution in [0.4, 0.5) is 12.9 Å². The highest BCUT2D eigenvalue weighted by molar-refractivity contribution is 6.33. The van der Waals surface area contributed by atoms with Crippen LogP contribution in [0.3, 0.4) is 0 Å². The summed E-state index contributed by atoms with van der Waals surface area (Å²) in [5.74, 6) is 0. The SMILES string of the molecule is CCOC.FB(F)F. The summed E-state index contributed by atoms with van der Waals surface area (Å²) < 4.78 is 33.5. The molecule has 50 valence electrons. The Morgan fingerprint density at radius 2 is 1.50 bits per heavy atom. The van der Waals surface area contributed by atoms with Crippen molar-refractivity contribution in [2.24, 2.45) is 0 Å². The van der Waals surface area contributed by atoms with Gasteiger partial charge in [-0.2, -0.15) is 0 Å². The van der Waals surface area contributed by atoms with Gasteiger partial charge >= 0.3 is 7.54 Å². The maximum atomic E-state index is 9.67. The van der Waals surface area contributed by atoms with Crippen LogP contribution in [-0.4, -0.2) is 21.3 Å². The second kappa shape index (κ2) is 9.94. The van der Waals surface area contributed by atoms with Crippen molar-refractivity contribution in [1.82, 2.24) is 0 Å². The van der Waals surface area contributed by atoms with E-state index >= 15 is 0 Å². The number of ether oxygens (including phenoxy) is 1. The third-order valence-electron chi connectivity index (χ3n) is 0.289. The lowest BCUT2D eigenvalue weighted by molar-refractivity contribution is 0.215. The Kier molecular flexibility index (Phi) is 13.3. The molecular weight excluding hydrogens is 120 g/mol. The Bertz CT molecular complexity index is 31.0. The fourth-order valence-corrected chi connectivity index (χ4v) is 0. The summed E-state index contributed by atoms with van der Waals surface area (Å²) in [6, 6.07) is 0. The first-order valence-electron chi connectivity index (χ1n) is 2.06. The molecule has 0 rings (SSSR count). The number of halogens is 3. The average Bonchev–Trinajstić information content (AvgIpc) is 1.65. The van der Waals surface area contributed by atoms with Gasteiger partial charge in [-0.15, -0.1) is 0 Å². The minimum Gasteiger partial charge on any atom is -0.385 e. The third kappa shape index (κ3) is 203. The molecule has 5 heteroatoms. The van der Waals surface area contributed by atoms with Crippen LogP contribution in [0.5, 0.6) is 0 Å². The summed E-state index contributed by atoms with van der Waals surface area (Å²) in [6.45, 7) is 2.78. The van der Waals surface area contributed by atoms with Gasteiger partial charge in [0.1, 0.15) is 0 Å². The zero-order valence-electron chi connectivity index (χ0n) is 4.83. The van der Waals surface area contributed by atoms with E-state index in [4.69, 9.17) is 0 Å². The largest absolute Gasteiger partial charge is 0.762 e. The van der Waals surface area contributed by atoms with E-state index in [1.165, 1.54) is 0 Å². The van der Waals surface area contributed by atoms with Gasteiger partial charge in [-0.05, 0) is 6.92 Å². The molecule has 0 radical (unpaired) electrons. The average molecular weight is 128 g/mol. The van der Waals surface area contributed by atoms with Gasteiger partial charge in [0.05, 0.1) is 0 Å². The molecule has 0 fully saturated rings. The summed E-state index contributed by atoms with van der Waals surface area (Å²) in [5.41, 5.74) is 0. The lowest BCUT2D eigenvalue weighted by atomic mass is 10.5. The van der Waals surface area contributed by atoms with E-state index in [1.807, 2.05) is 6.92 Å². The molecule has 0 aliphatic heterocycles. The molecule has 0 aromatic rings. The van der Waals surface area contributed by atoms with Crippen molar-refractivity contribution in [3.63, 3.8) is 0 Å². The van der Waals surface area contributed by atoms with Crippen LogP contribution in [-0.2, 0) is 4.74 Å². The zero-order chi connectivity index (χ0) is 6.99. The Balaban J connectivity index is 0. The maximum absolute atomic E-state index is 9.67. The first-order valence-corrected chi connectivity index (χ1v) is 2.06. The van der Waals surface area contributed by atoms with E-state index in [9.17, 15) is 12.9 Å². The van der Waals surface area contributed by atoms with E-state index in [0.717, 1.165) is 6.61 Å². The van der Waals surface area contributed by atoms with Gasteiger partial charge in [-0.25, -0.2) is 0 Å². The van der Waals surface area contributed by atoms with Crippen LogP contribution in [0.2, 0.25) is 0 Å². The molecule has 8 heavy (non-hydrogen) atoms. The number of methoxy groups -OCH3 is 1. The highest BCUT2D eigenvalue weighted by Gasteiger charge is 2.06. The van der Waals surface area contributed by atoms with Crippen molar-refractivity contribution in [1.29, 1.82) is 0 Å². The van der Waals surface area contributed by atoms with Crippen molar-refractivity contribution in [3.05, 3.63) is 0 Å². The molecule has 0 bridgehead atoms. The molecule has 0 atom stereocenters. The van der Waals surface area contributed by atoms with Gasteiger partial charge < -0.3 is 4.74 Å². The topological polar surface area (TPSA) is 9.23 Å². The third-order valence-corrected chi connectivity index (χ3v) is 0.289. The van der Waals surface area contributed by atoms with E-state index in [2.05, 4.69) is 4.74 Å². The minimum atomic E-state index is -3.67. The Morgan fingerprint density at radius 1 is 1.38 bits per heavy atom. The monoisotopic (exact) mass is 128 g/mol. The molecule has 0 aromatic carbocycles. The van der Waals surface area contributed by atoms with Crippen LogP contribution in [0, 0.1) is 0 Å². The van der Waals surface area contributed by atoms with Crippen LogP contribution >= 0.6 is 0 Å². The molecular formula is C3H8BF3O. The van der Waals surface area contributed by atoms with Crippen molar-refractivity contribution in [2.75, 3.05) is 13.7 Å². The van der Waals surface area contributed by atoms with Crippen LogP contribution in [0.1, 0.15) is 6.92 Å². The summed E-state index contributed by atoms with van der Waals surface area (Å²) >= 11 is 0. The van der Waals surface area contributed by atoms with Gasteiger partial charge in [0.2, 0.25) is 0 Å². The molecule has 0 saturated carbocycles. The van der Waals surface area contributed by atoms with E-state index in [1.54, 1.807) is 7.11 Å². The summed E-state index contributed by atoms with van der Waals surface area (Å²) in [4.78, 5) is 0. The smallest absolute Gasteiger partial charge is 0.385 e. The molecule has 0 saturated heterocycles. The Hall–Kier alpha value is -0.185. The first kappa shape index (κ1) is 10.7. The van der Waals surface area contributed by atoms with Crippen LogP contribution in [0.15, 0.2) is 0 Å². The number of rotatable bonds is 1. The lowest BCUT2D eigenvalue weighted by Crippen LogP contribution is -1.76. The van der Waals surface area contributed by atoms with Gasteiger partial charge in [0, 0.05) is 13.7 Å². The van der Waals surface area contributed by atoms with Crippen LogP contribution < -0.4 is 0 Å². The summed E-state index contributed by atoms with van der Waals surface area (Å²) in [6.07, 6.45) is 0. The first-order chi connectivity index (χ1) is 3.65. The standard InChI is InChI=1S/C3H8O.BF3/c1-3-4-2;2-1(3)4/h3H2,1-2H3;. The molecule has 0 spiro atoms. The minimum absolute atomic E-state index is 0.819. The van der Waals surface area contributed by atoms with E-state index in [0.29, 0.717) is 0 Å². The lowest BCUT2D eigenvalue weighted by Gasteiger charge is -1.76. The number of hydrogen-bond donors (Lipinski definition) is 0. The van der Waals surface area contributed by atoms with Crippen molar-refractivity contribution in [3.8, 4) is 0 Å². The molecule has 0 aliphatic carbocycles. The highest BCUT2D eigenvalue weighted by atomic mass is 19.4. The molecule has 0 heterocycles. The van der Waals surface area contributed by atoms with Gasteiger partial charge in [-0.1, -0.05) is 0 Å². The molecule has 1 nitrogen and oxygen atoms in total. The van der Waals surface area contributed by atoms with Gasteiger partial charge in [0.25, 0.3) is 0 Å². The normalized spacial score (nSPS) is 7.12. The highest BCUT2D eigenvalue weighted by Crippen LogP contribution is 1.80. The fraction of sp³-hybridized carbons (Fsp3) is 1.00. The van der Waals surface area contributed by atoms with Gasteiger partial charge in [0.15, 0.2) is 0 Å². The summed E-state index contributed by atoms with van der Waals surface area (Å²) in [7, 11) is -1.99. The predicted molar refractivity (Wildman–Crippen MR) is 26.6 cm³/mol. The van der Waals surface area contributed by atoms with E-state index < -0.39 is 7.54 Å². The second-order valence-electron chi connectivity index (χ2n) is 0.825. The number of hydrogen-bond acceptors (Lipinski definition) is 1. The quantitative estimate of drug-likeness (QED) is 0.486. The van der Waals surface area contributed by atoms with Crippen molar-refractivity contribution >= 4 is 7.54 Å². The van der Waals surface area contributed by atoms with Crippen LogP contribution in [0.25, 0.3) is 0 Å². The predicted octanol–water partition coefficient (Wildman–Crippen LogP) is 1.53. The van der Waals surface area contributed by atoms with Crippen molar-refractivity contribution < 1.29 is 17.7 Å². The van der Waals surface area contributed by atoms with Crippen molar-refractivity contribution in [2.45, 2.75) is 6.92 Å². The molecule has 0 aliphatic rings. The molecule has 0 amide bonds. The zero-order valence-corrected chi connectivity index (χ0v) is 4.83. The molecule has 0 N–H and O–H groups in total. The van der Waals surface area contributed by atoms with Gasteiger partial charge in [-0.3, -0.25) is 12.9 Å². The van der Waals surface area contributed by atoms with E-state index in [-0.39, 0.29) is 0 Å². The second-order valence-corrected chi connectivity index (χ2v) is 0.825. The Labute approximate surface area is 47.1 Å². The maximum Gasteiger partial charge on any atom is 0.762 e.